The fourth-order valence-corrected chi connectivity index (χ4v) is 4.48. The Balaban J connectivity index is 2.22. The number of thioether (sulfide) groups is 1. The summed E-state index contributed by atoms with van der Waals surface area (Å²) in [5.41, 5.74) is 0. The van der Waals surface area contributed by atoms with Gasteiger partial charge in [0.15, 0.2) is 0 Å². The second-order valence-corrected chi connectivity index (χ2v) is 6.89. The Labute approximate surface area is 112 Å². The average Bonchev–Trinajstić information content (AvgIpc) is 2.82. The highest BCUT2D eigenvalue weighted by Gasteiger charge is 2.25. The molecule has 1 saturated heterocycles. The molecule has 0 aliphatic carbocycles. The molecule has 1 aliphatic rings. The van der Waals surface area contributed by atoms with Crippen LogP contribution in [0.3, 0.4) is 0 Å². The number of pyridine rings is 1. The first-order valence-corrected chi connectivity index (χ1v) is 8.56. The van der Waals surface area contributed by atoms with Gasteiger partial charge in [0.2, 0.25) is 10.0 Å². The normalized spacial score (nSPS) is 19.9. The van der Waals surface area contributed by atoms with E-state index in [9.17, 15) is 8.42 Å². The fraction of sp³-hybridized carbons (Fsp3) is 0.545. The quantitative estimate of drug-likeness (QED) is 0.854. The van der Waals surface area contributed by atoms with Crippen molar-refractivity contribution in [1.29, 1.82) is 0 Å². The molecular formula is C11H17N3O2S2. The van der Waals surface area contributed by atoms with Crippen LogP contribution in [0, 0.1) is 0 Å². The van der Waals surface area contributed by atoms with Crippen LogP contribution in [0.2, 0.25) is 0 Å². The van der Waals surface area contributed by atoms with Crippen molar-refractivity contribution >= 4 is 27.6 Å². The molecule has 1 aliphatic heterocycles. The van der Waals surface area contributed by atoms with E-state index in [-0.39, 0.29) is 10.9 Å². The summed E-state index contributed by atoms with van der Waals surface area (Å²) < 4.78 is 27.3. The summed E-state index contributed by atoms with van der Waals surface area (Å²) >= 11 is 1.77. The Morgan fingerprint density at radius 1 is 1.56 bits per heavy atom. The van der Waals surface area contributed by atoms with Crippen LogP contribution < -0.4 is 10.0 Å². The van der Waals surface area contributed by atoms with E-state index >= 15 is 0 Å². The Kier molecular flexibility index (Phi) is 4.47. The lowest BCUT2D eigenvalue weighted by Gasteiger charge is -2.14. The zero-order chi connectivity index (χ0) is 13.0. The first-order chi connectivity index (χ1) is 8.63. The van der Waals surface area contributed by atoms with E-state index < -0.39 is 10.0 Å². The van der Waals surface area contributed by atoms with Gasteiger partial charge in [0.25, 0.3) is 0 Å². The van der Waals surface area contributed by atoms with E-state index in [4.69, 9.17) is 0 Å². The predicted octanol–water partition coefficient (Wildman–Crippen LogP) is 1.30. The highest BCUT2D eigenvalue weighted by atomic mass is 32.2. The molecule has 0 bridgehead atoms. The number of hydrogen-bond donors (Lipinski definition) is 2. The summed E-state index contributed by atoms with van der Waals surface area (Å²) in [6.45, 7) is 2.55. The van der Waals surface area contributed by atoms with Crippen LogP contribution in [0.5, 0.6) is 0 Å². The van der Waals surface area contributed by atoms with Crippen molar-refractivity contribution < 1.29 is 8.42 Å². The maximum absolute atomic E-state index is 12.3. The number of nitrogens with one attached hydrogen (secondary N) is 2. The molecule has 5 nitrogen and oxygen atoms in total. The Morgan fingerprint density at radius 2 is 2.39 bits per heavy atom. The monoisotopic (exact) mass is 287 g/mol. The number of aromatic nitrogens is 1. The molecule has 2 rings (SSSR count). The van der Waals surface area contributed by atoms with Gasteiger partial charge in [-0.05, 0) is 31.2 Å². The van der Waals surface area contributed by atoms with Crippen LogP contribution in [0.1, 0.15) is 13.3 Å². The molecule has 0 spiro atoms. The summed E-state index contributed by atoms with van der Waals surface area (Å²) in [7, 11) is -3.48. The van der Waals surface area contributed by atoms with Gasteiger partial charge in [-0.25, -0.2) is 18.1 Å². The topological polar surface area (TPSA) is 71.1 Å². The van der Waals surface area contributed by atoms with Crippen LogP contribution >= 0.6 is 11.8 Å². The molecule has 1 atom stereocenters. The number of hydrogen-bond acceptors (Lipinski definition) is 5. The molecule has 2 heterocycles. The van der Waals surface area contributed by atoms with Crippen molar-refractivity contribution in [3.05, 3.63) is 18.3 Å². The van der Waals surface area contributed by atoms with Crippen molar-refractivity contribution in [3.63, 3.8) is 0 Å². The minimum Gasteiger partial charge on any atom is -0.369 e. The molecule has 0 amide bonds. The number of rotatable bonds is 5. The molecule has 1 aromatic heterocycles. The van der Waals surface area contributed by atoms with E-state index in [2.05, 4.69) is 15.0 Å². The standard InChI is InChI=1S/C11H17N3O2S2/c1-2-12-11-10(4-3-6-13-11)18(15,16)14-9-5-7-17-8-9/h3-4,6,9,14H,2,5,7-8H2,1H3,(H,12,13). The van der Waals surface area contributed by atoms with E-state index in [0.717, 1.165) is 17.9 Å². The third kappa shape index (κ3) is 3.15. The van der Waals surface area contributed by atoms with Crippen molar-refractivity contribution in [2.24, 2.45) is 0 Å². The number of nitrogens with zero attached hydrogens (tertiary/aromatic N) is 1. The lowest BCUT2D eigenvalue weighted by molar-refractivity contribution is 0.563. The molecule has 18 heavy (non-hydrogen) atoms. The lowest BCUT2D eigenvalue weighted by atomic mass is 10.3. The second kappa shape index (κ2) is 5.90. The Hall–Kier alpha value is -0.790. The average molecular weight is 287 g/mol. The van der Waals surface area contributed by atoms with Gasteiger partial charge in [-0.2, -0.15) is 11.8 Å². The molecule has 1 unspecified atom stereocenters. The second-order valence-electron chi connectivity index (χ2n) is 4.06. The maximum atomic E-state index is 12.3. The van der Waals surface area contributed by atoms with Crippen LogP contribution in [0.25, 0.3) is 0 Å². The molecule has 100 valence electrons. The highest BCUT2D eigenvalue weighted by Crippen LogP contribution is 2.22. The molecule has 1 aromatic rings. The van der Waals surface area contributed by atoms with Crippen LogP contribution in [0.4, 0.5) is 5.82 Å². The Morgan fingerprint density at radius 3 is 3.06 bits per heavy atom. The minimum absolute atomic E-state index is 0.0367. The first kappa shape index (κ1) is 13.6. The van der Waals surface area contributed by atoms with Gasteiger partial charge in [0, 0.05) is 24.5 Å². The van der Waals surface area contributed by atoms with Crippen LogP contribution in [0.15, 0.2) is 23.2 Å². The van der Waals surface area contributed by atoms with Crippen LogP contribution in [-0.2, 0) is 10.0 Å². The van der Waals surface area contributed by atoms with E-state index in [0.29, 0.717) is 12.4 Å². The molecule has 0 radical (unpaired) electrons. The van der Waals surface area contributed by atoms with Gasteiger partial charge in [-0.3, -0.25) is 0 Å². The number of anilines is 1. The SMILES string of the molecule is CCNc1ncccc1S(=O)(=O)NC1CCSC1. The third-order valence-electron chi connectivity index (χ3n) is 2.66. The van der Waals surface area contributed by atoms with E-state index in [1.807, 2.05) is 6.92 Å². The molecule has 0 saturated carbocycles. The van der Waals surface area contributed by atoms with Crippen LogP contribution in [-0.4, -0.2) is 37.5 Å². The predicted molar refractivity (Wildman–Crippen MR) is 74.5 cm³/mol. The summed E-state index contributed by atoms with van der Waals surface area (Å²) in [4.78, 5) is 4.30. The summed E-state index contributed by atoms with van der Waals surface area (Å²) in [6, 6.07) is 3.25. The largest absolute Gasteiger partial charge is 0.369 e. The summed E-state index contributed by atoms with van der Waals surface area (Å²) in [5, 5.41) is 2.97. The van der Waals surface area contributed by atoms with E-state index in [1.165, 1.54) is 0 Å². The molecule has 7 heteroatoms. The van der Waals surface area contributed by atoms with Gasteiger partial charge in [0.05, 0.1) is 0 Å². The van der Waals surface area contributed by atoms with Gasteiger partial charge in [-0.1, -0.05) is 0 Å². The summed E-state index contributed by atoms with van der Waals surface area (Å²) in [5.74, 6) is 2.27. The first-order valence-electron chi connectivity index (χ1n) is 5.92. The third-order valence-corrected chi connectivity index (χ3v) is 5.37. The van der Waals surface area contributed by atoms with Crippen molar-refractivity contribution in [1.82, 2.24) is 9.71 Å². The highest BCUT2D eigenvalue weighted by molar-refractivity contribution is 7.99. The van der Waals surface area contributed by atoms with Gasteiger partial charge in [-0.15, -0.1) is 0 Å². The molecule has 0 aromatic carbocycles. The summed E-state index contributed by atoms with van der Waals surface area (Å²) in [6.07, 6.45) is 2.48. The fourth-order valence-electron chi connectivity index (χ4n) is 1.82. The minimum atomic E-state index is -3.48. The Bertz CT molecular complexity index is 499. The lowest BCUT2D eigenvalue weighted by Crippen LogP contribution is -2.35. The van der Waals surface area contributed by atoms with Gasteiger partial charge < -0.3 is 5.32 Å². The maximum Gasteiger partial charge on any atom is 0.244 e. The van der Waals surface area contributed by atoms with Gasteiger partial charge >= 0.3 is 0 Å². The van der Waals surface area contributed by atoms with E-state index in [1.54, 1.807) is 30.1 Å². The zero-order valence-electron chi connectivity index (χ0n) is 10.2. The number of sulfonamides is 1. The molecular weight excluding hydrogens is 270 g/mol. The molecule has 1 fully saturated rings. The van der Waals surface area contributed by atoms with Crippen molar-refractivity contribution in [3.8, 4) is 0 Å². The molecule has 2 N–H and O–H groups in total. The van der Waals surface area contributed by atoms with Crippen molar-refractivity contribution in [2.45, 2.75) is 24.3 Å². The van der Waals surface area contributed by atoms with Gasteiger partial charge in [0.1, 0.15) is 10.7 Å². The van der Waals surface area contributed by atoms with Crippen molar-refractivity contribution in [2.75, 3.05) is 23.4 Å². The smallest absolute Gasteiger partial charge is 0.244 e. The zero-order valence-corrected chi connectivity index (χ0v) is 11.9.